The fraction of sp³-hybridized carbons (Fsp3) is 0.500. The van der Waals surface area contributed by atoms with Gasteiger partial charge in [-0.3, -0.25) is 0 Å². The first-order chi connectivity index (χ1) is 7.18. The maximum atomic E-state index is 5.82. The first-order valence-electron chi connectivity index (χ1n) is 5.23. The molecule has 0 aliphatic carbocycles. The monoisotopic (exact) mass is 209 g/mol. The molecule has 3 heteroatoms. The molecule has 1 unspecified atom stereocenters. The van der Waals surface area contributed by atoms with Crippen LogP contribution in [0.3, 0.4) is 0 Å². The fourth-order valence-corrected chi connectivity index (χ4v) is 1.08. The SMILES string of the molecule is CC(C)OCC(N)COc1ccccc1. The van der Waals surface area contributed by atoms with Gasteiger partial charge in [0.1, 0.15) is 12.4 Å². The molecule has 1 aromatic carbocycles. The largest absolute Gasteiger partial charge is 0.492 e. The van der Waals surface area contributed by atoms with Crippen molar-refractivity contribution in [1.29, 1.82) is 0 Å². The number of rotatable bonds is 6. The predicted octanol–water partition coefficient (Wildman–Crippen LogP) is 1.82. The highest BCUT2D eigenvalue weighted by Gasteiger charge is 2.04. The van der Waals surface area contributed by atoms with E-state index in [0.29, 0.717) is 13.2 Å². The number of ether oxygens (including phenoxy) is 2. The molecule has 1 rings (SSSR count). The van der Waals surface area contributed by atoms with Crippen molar-refractivity contribution in [3.8, 4) is 5.75 Å². The van der Waals surface area contributed by atoms with Gasteiger partial charge >= 0.3 is 0 Å². The Morgan fingerprint density at radius 1 is 1.13 bits per heavy atom. The Balaban J connectivity index is 2.19. The average molecular weight is 209 g/mol. The molecule has 84 valence electrons. The molecule has 1 atom stereocenters. The lowest BCUT2D eigenvalue weighted by Crippen LogP contribution is -2.33. The third-order valence-electron chi connectivity index (χ3n) is 1.85. The number of para-hydroxylation sites is 1. The summed E-state index contributed by atoms with van der Waals surface area (Å²) in [5.41, 5.74) is 5.82. The molecule has 2 N–H and O–H groups in total. The van der Waals surface area contributed by atoms with E-state index in [2.05, 4.69) is 0 Å². The minimum absolute atomic E-state index is 0.0763. The highest BCUT2D eigenvalue weighted by Crippen LogP contribution is 2.08. The minimum atomic E-state index is -0.0763. The summed E-state index contributed by atoms with van der Waals surface area (Å²) in [6.45, 7) is 5.00. The molecular formula is C12H19NO2. The van der Waals surface area contributed by atoms with Crippen LogP contribution in [0, 0.1) is 0 Å². The maximum Gasteiger partial charge on any atom is 0.119 e. The molecule has 0 saturated heterocycles. The first-order valence-corrected chi connectivity index (χ1v) is 5.23. The van der Waals surface area contributed by atoms with Gasteiger partial charge in [0.05, 0.1) is 18.8 Å². The molecular weight excluding hydrogens is 190 g/mol. The second kappa shape index (κ2) is 6.43. The lowest BCUT2D eigenvalue weighted by molar-refractivity contribution is 0.0587. The Morgan fingerprint density at radius 2 is 1.80 bits per heavy atom. The molecule has 0 amide bonds. The van der Waals surface area contributed by atoms with Gasteiger partial charge in [0, 0.05) is 0 Å². The lowest BCUT2D eigenvalue weighted by atomic mass is 10.3. The Kier molecular flexibility index (Phi) is 5.15. The Hall–Kier alpha value is -1.06. The van der Waals surface area contributed by atoms with Crippen LogP contribution >= 0.6 is 0 Å². The number of benzene rings is 1. The number of hydrogen-bond donors (Lipinski definition) is 1. The van der Waals surface area contributed by atoms with Crippen LogP contribution in [0.4, 0.5) is 0 Å². The van der Waals surface area contributed by atoms with Crippen molar-refractivity contribution in [1.82, 2.24) is 0 Å². The van der Waals surface area contributed by atoms with Crippen molar-refractivity contribution in [3.05, 3.63) is 30.3 Å². The van der Waals surface area contributed by atoms with E-state index in [4.69, 9.17) is 15.2 Å². The van der Waals surface area contributed by atoms with Crippen molar-refractivity contribution in [2.45, 2.75) is 26.0 Å². The number of nitrogens with two attached hydrogens (primary N) is 1. The topological polar surface area (TPSA) is 44.5 Å². The van der Waals surface area contributed by atoms with Crippen LogP contribution in [0.2, 0.25) is 0 Å². The van der Waals surface area contributed by atoms with E-state index in [-0.39, 0.29) is 12.1 Å². The summed E-state index contributed by atoms with van der Waals surface area (Å²) in [5, 5.41) is 0. The average Bonchev–Trinajstić information content (AvgIpc) is 2.25. The zero-order chi connectivity index (χ0) is 11.1. The molecule has 3 nitrogen and oxygen atoms in total. The van der Waals surface area contributed by atoms with Crippen molar-refractivity contribution < 1.29 is 9.47 Å². The third kappa shape index (κ3) is 5.40. The Bertz CT molecular complexity index is 262. The highest BCUT2D eigenvalue weighted by molar-refractivity contribution is 5.20. The molecule has 0 bridgehead atoms. The predicted molar refractivity (Wildman–Crippen MR) is 61.0 cm³/mol. The molecule has 0 spiro atoms. The van der Waals surface area contributed by atoms with Crippen molar-refractivity contribution in [2.75, 3.05) is 13.2 Å². The summed E-state index contributed by atoms with van der Waals surface area (Å²) < 4.78 is 10.9. The summed E-state index contributed by atoms with van der Waals surface area (Å²) in [5.74, 6) is 0.845. The van der Waals surface area contributed by atoms with E-state index in [0.717, 1.165) is 5.75 Å². The molecule has 0 radical (unpaired) electrons. The smallest absolute Gasteiger partial charge is 0.119 e. The van der Waals surface area contributed by atoms with Crippen LogP contribution in [-0.4, -0.2) is 25.4 Å². The van der Waals surface area contributed by atoms with E-state index in [9.17, 15) is 0 Å². The van der Waals surface area contributed by atoms with Crippen LogP contribution in [0.15, 0.2) is 30.3 Å². The van der Waals surface area contributed by atoms with Crippen LogP contribution in [0.25, 0.3) is 0 Å². The standard InChI is InChI=1S/C12H19NO2/c1-10(2)14-8-11(13)9-15-12-6-4-3-5-7-12/h3-7,10-11H,8-9,13H2,1-2H3. The normalized spacial score (nSPS) is 12.8. The van der Waals surface area contributed by atoms with E-state index in [1.807, 2.05) is 44.2 Å². The van der Waals surface area contributed by atoms with Gasteiger partial charge in [0.2, 0.25) is 0 Å². The van der Waals surface area contributed by atoms with Gasteiger partial charge in [0.15, 0.2) is 0 Å². The van der Waals surface area contributed by atoms with E-state index >= 15 is 0 Å². The quantitative estimate of drug-likeness (QED) is 0.777. The van der Waals surface area contributed by atoms with Crippen molar-refractivity contribution in [2.24, 2.45) is 5.73 Å². The lowest BCUT2D eigenvalue weighted by Gasteiger charge is -2.15. The van der Waals surface area contributed by atoms with Crippen molar-refractivity contribution >= 4 is 0 Å². The van der Waals surface area contributed by atoms with Gasteiger partial charge in [-0.05, 0) is 26.0 Å². The fourth-order valence-electron chi connectivity index (χ4n) is 1.08. The summed E-state index contributed by atoms with van der Waals surface area (Å²) in [6.07, 6.45) is 0.216. The molecule has 15 heavy (non-hydrogen) atoms. The first kappa shape index (κ1) is 12.0. The number of hydrogen-bond acceptors (Lipinski definition) is 3. The summed E-state index contributed by atoms with van der Waals surface area (Å²) in [4.78, 5) is 0. The molecule has 0 heterocycles. The molecule has 0 aliphatic heterocycles. The zero-order valence-electron chi connectivity index (χ0n) is 9.35. The van der Waals surface area contributed by atoms with E-state index in [1.54, 1.807) is 0 Å². The molecule has 0 aliphatic rings. The van der Waals surface area contributed by atoms with Gasteiger partial charge < -0.3 is 15.2 Å². The maximum absolute atomic E-state index is 5.82. The second-order valence-corrected chi connectivity index (χ2v) is 3.77. The van der Waals surface area contributed by atoms with Crippen LogP contribution in [0.5, 0.6) is 5.75 Å². The van der Waals surface area contributed by atoms with Crippen molar-refractivity contribution in [3.63, 3.8) is 0 Å². The molecule has 0 fully saturated rings. The molecule has 0 aromatic heterocycles. The minimum Gasteiger partial charge on any atom is -0.492 e. The summed E-state index contributed by atoms with van der Waals surface area (Å²) in [7, 11) is 0. The van der Waals surface area contributed by atoms with Gasteiger partial charge in [0.25, 0.3) is 0 Å². The van der Waals surface area contributed by atoms with E-state index < -0.39 is 0 Å². The Labute approximate surface area is 91.2 Å². The van der Waals surface area contributed by atoms with Crippen LogP contribution in [0.1, 0.15) is 13.8 Å². The zero-order valence-corrected chi connectivity index (χ0v) is 9.35. The van der Waals surface area contributed by atoms with Gasteiger partial charge in [-0.15, -0.1) is 0 Å². The van der Waals surface area contributed by atoms with Gasteiger partial charge in [-0.25, -0.2) is 0 Å². The summed E-state index contributed by atoms with van der Waals surface area (Å²) in [6, 6.07) is 9.57. The van der Waals surface area contributed by atoms with E-state index in [1.165, 1.54) is 0 Å². The second-order valence-electron chi connectivity index (χ2n) is 3.77. The molecule has 0 saturated carbocycles. The van der Waals surface area contributed by atoms with Gasteiger partial charge in [-0.2, -0.15) is 0 Å². The van der Waals surface area contributed by atoms with Crippen LogP contribution < -0.4 is 10.5 Å². The molecule has 1 aromatic rings. The third-order valence-corrected chi connectivity index (χ3v) is 1.85. The highest BCUT2D eigenvalue weighted by atomic mass is 16.5. The summed E-state index contributed by atoms with van der Waals surface area (Å²) >= 11 is 0. The Morgan fingerprint density at radius 3 is 2.40 bits per heavy atom. The van der Waals surface area contributed by atoms with Crippen LogP contribution in [-0.2, 0) is 4.74 Å². The van der Waals surface area contributed by atoms with Gasteiger partial charge in [-0.1, -0.05) is 18.2 Å².